The zero-order valence-corrected chi connectivity index (χ0v) is 9.71. The third kappa shape index (κ3) is 3.05. The average Bonchev–Trinajstić information content (AvgIpc) is 2.37. The van der Waals surface area contributed by atoms with Gasteiger partial charge < -0.3 is 14.7 Å². The molecular formula is C13H17NO3. The van der Waals surface area contributed by atoms with Crippen LogP contribution in [0.1, 0.15) is 5.56 Å². The van der Waals surface area contributed by atoms with Gasteiger partial charge >= 0.3 is 0 Å². The van der Waals surface area contributed by atoms with Gasteiger partial charge in [0.25, 0.3) is 0 Å². The van der Waals surface area contributed by atoms with Gasteiger partial charge in [-0.25, -0.2) is 0 Å². The first kappa shape index (κ1) is 12.1. The third-order valence-electron chi connectivity index (χ3n) is 2.94. The largest absolute Gasteiger partial charge is 0.395 e. The van der Waals surface area contributed by atoms with Crippen LogP contribution in [0.25, 0.3) is 0 Å². The van der Waals surface area contributed by atoms with Crippen LogP contribution < -0.4 is 0 Å². The predicted octanol–water partition coefficient (Wildman–Crippen LogP) is 0.654. The number of carbonyl (C=O) groups excluding carboxylic acids is 1. The summed E-state index contributed by atoms with van der Waals surface area (Å²) in [6, 6.07) is 9.94. The highest BCUT2D eigenvalue weighted by molar-refractivity contribution is 5.84. The van der Waals surface area contributed by atoms with E-state index in [2.05, 4.69) is 0 Å². The number of carbonyl (C=O) groups is 1. The van der Waals surface area contributed by atoms with Crippen LogP contribution in [0.2, 0.25) is 0 Å². The van der Waals surface area contributed by atoms with Crippen LogP contribution in [-0.4, -0.2) is 42.2 Å². The molecule has 0 aromatic heterocycles. The molecule has 0 saturated carbocycles. The van der Waals surface area contributed by atoms with E-state index in [1.807, 2.05) is 30.3 Å². The molecule has 1 aliphatic heterocycles. The van der Waals surface area contributed by atoms with Crippen LogP contribution in [-0.2, 0) is 16.1 Å². The molecule has 2 rings (SSSR count). The van der Waals surface area contributed by atoms with Crippen LogP contribution in [0.15, 0.2) is 30.3 Å². The number of hydrogen-bond donors (Lipinski definition) is 1. The van der Waals surface area contributed by atoms with Crippen molar-refractivity contribution in [2.75, 3.05) is 26.3 Å². The second-order valence-electron chi connectivity index (χ2n) is 4.20. The van der Waals surface area contributed by atoms with E-state index in [-0.39, 0.29) is 18.4 Å². The van der Waals surface area contributed by atoms with Gasteiger partial charge in [-0.05, 0) is 5.56 Å². The van der Waals surface area contributed by atoms with E-state index in [1.165, 1.54) is 0 Å². The number of β-lactam (4-membered cyclic amide) rings is 1. The van der Waals surface area contributed by atoms with Crippen LogP contribution in [0.5, 0.6) is 0 Å². The molecule has 1 unspecified atom stereocenters. The molecule has 1 aromatic carbocycles. The molecule has 17 heavy (non-hydrogen) atoms. The first-order valence-corrected chi connectivity index (χ1v) is 5.82. The van der Waals surface area contributed by atoms with Crippen molar-refractivity contribution in [2.45, 2.75) is 6.61 Å². The van der Waals surface area contributed by atoms with Gasteiger partial charge in [0.1, 0.15) is 0 Å². The van der Waals surface area contributed by atoms with Gasteiger partial charge in [0.15, 0.2) is 0 Å². The number of benzene rings is 1. The Morgan fingerprint density at radius 2 is 2.12 bits per heavy atom. The van der Waals surface area contributed by atoms with Crippen molar-refractivity contribution in [1.82, 2.24) is 4.90 Å². The van der Waals surface area contributed by atoms with E-state index in [0.29, 0.717) is 26.3 Å². The maximum absolute atomic E-state index is 11.4. The van der Waals surface area contributed by atoms with E-state index in [9.17, 15) is 4.79 Å². The summed E-state index contributed by atoms with van der Waals surface area (Å²) < 4.78 is 5.49. The van der Waals surface area contributed by atoms with Crippen molar-refractivity contribution >= 4 is 5.91 Å². The second kappa shape index (κ2) is 5.80. The average molecular weight is 235 g/mol. The summed E-state index contributed by atoms with van der Waals surface area (Å²) in [5, 5.41) is 8.82. The zero-order valence-electron chi connectivity index (χ0n) is 9.71. The molecule has 1 fully saturated rings. The molecule has 0 aliphatic carbocycles. The molecule has 1 aromatic rings. The quantitative estimate of drug-likeness (QED) is 0.582. The summed E-state index contributed by atoms with van der Waals surface area (Å²) in [6.07, 6.45) is 0. The molecule has 1 aliphatic rings. The number of amides is 1. The van der Waals surface area contributed by atoms with Crippen LogP contribution in [0.4, 0.5) is 0 Å². The molecular weight excluding hydrogens is 218 g/mol. The van der Waals surface area contributed by atoms with E-state index < -0.39 is 0 Å². The summed E-state index contributed by atoms with van der Waals surface area (Å²) in [5.41, 5.74) is 1.13. The fourth-order valence-electron chi connectivity index (χ4n) is 1.86. The molecule has 0 spiro atoms. The molecule has 4 heteroatoms. The number of rotatable bonds is 6. The molecule has 0 bridgehead atoms. The fraction of sp³-hybridized carbons (Fsp3) is 0.462. The number of nitrogens with zero attached hydrogens (tertiary/aromatic N) is 1. The minimum absolute atomic E-state index is 0.0378. The monoisotopic (exact) mass is 235 g/mol. The Morgan fingerprint density at radius 1 is 1.35 bits per heavy atom. The Labute approximate surface area is 101 Å². The Balaban J connectivity index is 1.60. The highest BCUT2D eigenvalue weighted by Gasteiger charge is 2.35. The van der Waals surface area contributed by atoms with E-state index in [0.717, 1.165) is 5.56 Å². The molecule has 0 radical (unpaired) electrons. The standard InChI is InChI=1S/C13H17NO3/c15-9-12-8-14(13(12)16)6-7-17-10-11-4-2-1-3-5-11/h1-5,12,15H,6-10H2. The third-order valence-corrected chi connectivity index (χ3v) is 2.94. The first-order valence-electron chi connectivity index (χ1n) is 5.82. The maximum Gasteiger partial charge on any atom is 0.229 e. The molecule has 4 nitrogen and oxygen atoms in total. The minimum Gasteiger partial charge on any atom is -0.395 e. The summed E-state index contributed by atoms with van der Waals surface area (Å²) in [6.45, 7) is 2.34. The summed E-state index contributed by atoms with van der Waals surface area (Å²) >= 11 is 0. The fourth-order valence-corrected chi connectivity index (χ4v) is 1.86. The first-order chi connectivity index (χ1) is 8.31. The number of ether oxygens (including phenoxy) is 1. The predicted molar refractivity (Wildman–Crippen MR) is 63.3 cm³/mol. The molecule has 1 saturated heterocycles. The van der Waals surface area contributed by atoms with Gasteiger partial charge in [-0.2, -0.15) is 0 Å². The van der Waals surface area contributed by atoms with Gasteiger partial charge in [-0.15, -0.1) is 0 Å². The summed E-state index contributed by atoms with van der Waals surface area (Å²) in [5.74, 6) is -0.139. The SMILES string of the molecule is O=C1C(CO)CN1CCOCc1ccccc1. The van der Waals surface area contributed by atoms with E-state index in [1.54, 1.807) is 4.90 Å². The lowest BCUT2D eigenvalue weighted by Crippen LogP contribution is -2.54. The van der Waals surface area contributed by atoms with E-state index in [4.69, 9.17) is 9.84 Å². The number of hydrogen-bond acceptors (Lipinski definition) is 3. The lowest BCUT2D eigenvalue weighted by atomic mass is 10.0. The molecule has 1 amide bonds. The minimum atomic E-state index is -0.177. The topological polar surface area (TPSA) is 49.8 Å². The van der Waals surface area contributed by atoms with Gasteiger partial charge in [0, 0.05) is 13.1 Å². The zero-order chi connectivity index (χ0) is 12.1. The molecule has 92 valence electrons. The Kier molecular flexibility index (Phi) is 4.12. The van der Waals surface area contributed by atoms with Crippen molar-refractivity contribution in [1.29, 1.82) is 0 Å². The van der Waals surface area contributed by atoms with Crippen molar-refractivity contribution in [3.8, 4) is 0 Å². The lowest BCUT2D eigenvalue weighted by molar-refractivity contribution is -0.151. The number of aliphatic hydroxyl groups excluding tert-OH is 1. The maximum atomic E-state index is 11.4. The van der Waals surface area contributed by atoms with Crippen molar-refractivity contribution < 1.29 is 14.6 Å². The van der Waals surface area contributed by atoms with Crippen LogP contribution in [0, 0.1) is 5.92 Å². The van der Waals surface area contributed by atoms with Crippen molar-refractivity contribution in [2.24, 2.45) is 5.92 Å². The van der Waals surface area contributed by atoms with Gasteiger partial charge in [-0.3, -0.25) is 4.79 Å². The Morgan fingerprint density at radius 3 is 2.76 bits per heavy atom. The second-order valence-corrected chi connectivity index (χ2v) is 4.20. The van der Waals surface area contributed by atoms with Crippen molar-refractivity contribution in [3.63, 3.8) is 0 Å². The smallest absolute Gasteiger partial charge is 0.229 e. The molecule has 1 N–H and O–H groups in total. The Hall–Kier alpha value is -1.39. The normalized spacial score (nSPS) is 19.2. The lowest BCUT2D eigenvalue weighted by Gasteiger charge is -2.37. The molecule has 1 atom stereocenters. The number of likely N-dealkylation sites (tertiary alicyclic amines) is 1. The molecule has 1 heterocycles. The van der Waals surface area contributed by atoms with Gasteiger partial charge in [-0.1, -0.05) is 30.3 Å². The summed E-state index contributed by atoms with van der Waals surface area (Å²) in [4.78, 5) is 13.1. The van der Waals surface area contributed by atoms with Gasteiger partial charge in [0.05, 0.1) is 25.7 Å². The highest BCUT2D eigenvalue weighted by Crippen LogP contribution is 2.16. The Bertz CT molecular complexity index is 366. The summed E-state index contributed by atoms with van der Waals surface area (Å²) in [7, 11) is 0. The van der Waals surface area contributed by atoms with Crippen LogP contribution in [0.3, 0.4) is 0 Å². The van der Waals surface area contributed by atoms with Crippen LogP contribution >= 0.6 is 0 Å². The van der Waals surface area contributed by atoms with E-state index >= 15 is 0 Å². The van der Waals surface area contributed by atoms with Crippen molar-refractivity contribution in [3.05, 3.63) is 35.9 Å². The number of aliphatic hydroxyl groups is 1. The van der Waals surface area contributed by atoms with Gasteiger partial charge in [0.2, 0.25) is 5.91 Å². The highest BCUT2D eigenvalue weighted by atomic mass is 16.5.